The van der Waals surface area contributed by atoms with Crippen molar-refractivity contribution >= 4 is 27.1 Å². The predicted octanol–water partition coefficient (Wildman–Crippen LogP) is 3.97. The first-order chi connectivity index (χ1) is 13.8. The number of anilines is 1. The minimum absolute atomic E-state index is 0.114. The van der Waals surface area contributed by atoms with Gasteiger partial charge in [0.15, 0.2) is 9.84 Å². The van der Waals surface area contributed by atoms with Crippen LogP contribution in [0.5, 0.6) is 0 Å². The minimum atomic E-state index is -3.37. The van der Waals surface area contributed by atoms with Gasteiger partial charge < -0.3 is 9.72 Å². The van der Waals surface area contributed by atoms with Crippen LogP contribution in [0.4, 0.5) is 5.69 Å². The number of imidazole rings is 1. The fourth-order valence-corrected chi connectivity index (χ4v) is 3.76. The third-order valence-electron chi connectivity index (χ3n) is 4.64. The first kappa shape index (κ1) is 18.9. The van der Waals surface area contributed by atoms with Gasteiger partial charge >= 0.3 is 0 Å². The number of carbonyl (C=O) groups excluding carboxylic acids is 1. The van der Waals surface area contributed by atoms with Crippen LogP contribution >= 0.6 is 0 Å². The quantitative estimate of drug-likeness (QED) is 0.557. The number of benzene rings is 2. The smallest absolute Gasteiger partial charge is 0.255 e. The van der Waals surface area contributed by atoms with Gasteiger partial charge in [0.05, 0.1) is 10.6 Å². The summed E-state index contributed by atoms with van der Waals surface area (Å²) in [5.41, 5.74) is 4.68. The summed E-state index contributed by atoms with van der Waals surface area (Å²) in [6.07, 6.45) is 5.04. The van der Waals surface area contributed by atoms with Crippen LogP contribution in [-0.4, -0.2) is 30.0 Å². The Morgan fingerprint density at radius 1 is 1.03 bits per heavy atom. The zero-order chi connectivity index (χ0) is 20.6. The number of aromatic nitrogens is 2. The van der Waals surface area contributed by atoms with E-state index in [-0.39, 0.29) is 16.4 Å². The van der Waals surface area contributed by atoms with Gasteiger partial charge in [0.25, 0.3) is 5.91 Å². The van der Waals surface area contributed by atoms with Crippen LogP contribution in [0.3, 0.4) is 0 Å². The Morgan fingerprint density at radius 3 is 2.48 bits per heavy atom. The van der Waals surface area contributed by atoms with Crippen molar-refractivity contribution in [3.05, 3.63) is 84.2 Å². The maximum atomic E-state index is 12.5. The highest BCUT2D eigenvalue weighted by Gasteiger charge is 2.12. The highest BCUT2D eigenvalue weighted by Crippen LogP contribution is 2.23. The van der Waals surface area contributed by atoms with E-state index < -0.39 is 9.84 Å². The molecular formula is C22H19N3O3S. The molecule has 4 aromatic rings. The lowest BCUT2D eigenvalue weighted by molar-refractivity contribution is 0.102. The molecule has 6 nitrogen and oxygen atoms in total. The van der Waals surface area contributed by atoms with Crippen LogP contribution < -0.4 is 5.32 Å². The molecule has 2 heterocycles. The topological polar surface area (TPSA) is 80.5 Å². The van der Waals surface area contributed by atoms with Crippen molar-refractivity contribution in [2.24, 2.45) is 0 Å². The van der Waals surface area contributed by atoms with Gasteiger partial charge in [-0.1, -0.05) is 24.3 Å². The first-order valence-electron chi connectivity index (χ1n) is 8.97. The summed E-state index contributed by atoms with van der Waals surface area (Å²) < 4.78 is 25.4. The van der Waals surface area contributed by atoms with E-state index in [1.807, 2.05) is 48.0 Å². The van der Waals surface area contributed by atoms with Gasteiger partial charge in [-0.2, -0.15) is 0 Å². The van der Waals surface area contributed by atoms with Crippen molar-refractivity contribution in [2.75, 3.05) is 11.6 Å². The molecule has 0 radical (unpaired) electrons. The summed E-state index contributed by atoms with van der Waals surface area (Å²) in [6.45, 7) is 2.02. The average molecular weight is 405 g/mol. The first-order valence-corrected chi connectivity index (χ1v) is 10.9. The monoisotopic (exact) mass is 405 g/mol. The van der Waals surface area contributed by atoms with Crippen LogP contribution in [0.25, 0.3) is 16.9 Å². The molecule has 29 heavy (non-hydrogen) atoms. The van der Waals surface area contributed by atoms with Crippen LogP contribution in [0.15, 0.2) is 78.0 Å². The number of pyridine rings is 1. The van der Waals surface area contributed by atoms with Crippen LogP contribution in [0, 0.1) is 6.92 Å². The lowest BCUT2D eigenvalue weighted by atomic mass is 10.1. The van der Waals surface area contributed by atoms with Crippen molar-refractivity contribution in [2.45, 2.75) is 11.8 Å². The molecule has 2 aromatic heterocycles. The molecule has 7 heteroatoms. The molecule has 1 N–H and O–H groups in total. The second-order valence-corrected chi connectivity index (χ2v) is 8.90. The van der Waals surface area contributed by atoms with Gasteiger partial charge in [0.2, 0.25) is 0 Å². The van der Waals surface area contributed by atoms with Gasteiger partial charge in [-0.05, 0) is 48.9 Å². The number of nitrogens with zero attached hydrogens (tertiary/aromatic N) is 2. The Bertz CT molecular complexity index is 1320. The van der Waals surface area contributed by atoms with E-state index in [0.29, 0.717) is 5.69 Å². The molecule has 0 aliphatic rings. The summed E-state index contributed by atoms with van der Waals surface area (Å²) in [7, 11) is -3.37. The Hall–Kier alpha value is -3.45. The number of rotatable bonds is 4. The molecule has 0 fully saturated rings. The van der Waals surface area contributed by atoms with E-state index in [9.17, 15) is 13.2 Å². The summed E-state index contributed by atoms with van der Waals surface area (Å²) in [5, 5.41) is 2.79. The maximum Gasteiger partial charge on any atom is 0.255 e. The molecule has 0 unspecified atom stereocenters. The average Bonchev–Trinajstić information content (AvgIpc) is 3.14. The van der Waals surface area contributed by atoms with Gasteiger partial charge in [0.1, 0.15) is 5.65 Å². The fraction of sp³-hybridized carbons (Fsp3) is 0.0909. The van der Waals surface area contributed by atoms with E-state index in [4.69, 9.17) is 0 Å². The summed E-state index contributed by atoms with van der Waals surface area (Å²) in [4.78, 5) is 17.3. The Kier molecular flexibility index (Phi) is 4.68. The van der Waals surface area contributed by atoms with Crippen molar-refractivity contribution < 1.29 is 13.2 Å². The molecule has 146 valence electrons. The summed E-state index contributed by atoms with van der Waals surface area (Å²) in [5.74, 6) is -0.369. The zero-order valence-corrected chi connectivity index (χ0v) is 16.8. The van der Waals surface area contributed by atoms with Crippen LogP contribution in [-0.2, 0) is 9.84 Å². The van der Waals surface area contributed by atoms with Gasteiger partial charge in [-0.25, -0.2) is 13.4 Å². The molecule has 4 rings (SSSR count). The van der Waals surface area contributed by atoms with Crippen LogP contribution in [0.1, 0.15) is 15.9 Å². The van der Waals surface area contributed by atoms with Crippen molar-refractivity contribution in [1.29, 1.82) is 0 Å². The predicted molar refractivity (Wildman–Crippen MR) is 113 cm³/mol. The number of hydrogen-bond donors (Lipinski definition) is 1. The SMILES string of the molecule is Cc1cccn2cc(-c3ccc(NC(=O)c4cccc(S(C)(=O)=O)c4)cc3)nc12. The van der Waals surface area contributed by atoms with Gasteiger partial charge in [-0.15, -0.1) is 0 Å². The highest BCUT2D eigenvalue weighted by atomic mass is 32.2. The molecule has 0 spiro atoms. The molecule has 2 aromatic carbocycles. The van der Waals surface area contributed by atoms with Gasteiger partial charge in [-0.3, -0.25) is 4.79 Å². The van der Waals surface area contributed by atoms with E-state index in [2.05, 4.69) is 10.3 Å². The molecule has 0 saturated heterocycles. The summed E-state index contributed by atoms with van der Waals surface area (Å²) >= 11 is 0. The Balaban J connectivity index is 1.55. The third kappa shape index (κ3) is 3.90. The van der Waals surface area contributed by atoms with E-state index >= 15 is 0 Å². The van der Waals surface area contributed by atoms with Gasteiger partial charge in [0, 0.05) is 35.5 Å². The number of aryl methyl sites for hydroxylation is 1. The largest absolute Gasteiger partial charge is 0.322 e. The molecular weight excluding hydrogens is 386 g/mol. The number of hydrogen-bond acceptors (Lipinski definition) is 4. The van der Waals surface area contributed by atoms with Crippen molar-refractivity contribution in [3.8, 4) is 11.3 Å². The third-order valence-corrected chi connectivity index (χ3v) is 5.75. The molecule has 1 amide bonds. The lowest BCUT2D eigenvalue weighted by Crippen LogP contribution is -2.12. The Labute approximate surface area is 168 Å². The van der Waals surface area contributed by atoms with Crippen LogP contribution in [0.2, 0.25) is 0 Å². The second-order valence-electron chi connectivity index (χ2n) is 6.88. The summed E-state index contributed by atoms with van der Waals surface area (Å²) in [6, 6.07) is 17.3. The number of amides is 1. The molecule has 0 bridgehead atoms. The highest BCUT2D eigenvalue weighted by molar-refractivity contribution is 7.90. The molecule has 0 saturated carbocycles. The Morgan fingerprint density at radius 2 is 1.79 bits per heavy atom. The van der Waals surface area contributed by atoms with Crippen molar-refractivity contribution in [3.63, 3.8) is 0 Å². The minimum Gasteiger partial charge on any atom is -0.322 e. The van der Waals surface area contributed by atoms with E-state index in [1.54, 1.807) is 24.3 Å². The zero-order valence-electron chi connectivity index (χ0n) is 16.0. The normalized spacial score (nSPS) is 11.5. The molecule has 0 atom stereocenters. The van der Waals surface area contributed by atoms with E-state index in [1.165, 1.54) is 12.1 Å². The number of fused-ring (bicyclic) bond motifs is 1. The standard InChI is InChI=1S/C22H19N3O3S/c1-15-5-4-12-25-14-20(24-21(15)25)16-8-10-18(11-9-16)23-22(26)17-6-3-7-19(13-17)29(2,27)28/h3-14H,1-2H3,(H,23,26). The van der Waals surface area contributed by atoms with E-state index in [0.717, 1.165) is 28.7 Å². The number of carbonyl (C=O) groups is 1. The number of nitrogens with one attached hydrogen (secondary N) is 1. The lowest BCUT2D eigenvalue weighted by Gasteiger charge is -2.07. The fourth-order valence-electron chi connectivity index (χ4n) is 3.09. The number of sulfone groups is 1. The molecule has 0 aliphatic carbocycles. The van der Waals surface area contributed by atoms with Crippen molar-refractivity contribution in [1.82, 2.24) is 9.38 Å². The maximum absolute atomic E-state index is 12.5. The second kappa shape index (κ2) is 7.18. The molecule has 0 aliphatic heterocycles.